The minimum absolute atomic E-state index is 0.0834. The molecule has 90 valence electrons. The van der Waals surface area contributed by atoms with E-state index in [1.165, 1.54) is 0 Å². The highest BCUT2D eigenvalue weighted by atomic mass is 35.5. The standard InChI is InChI=1S/C12H17Cl2NO/c1-8(5-6-16-2)12(15)10-4-3-9(13)7-11(10)14/h3-4,7-8,12H,5-6,15H2,1-2H3. The third kappa shape index (κ3) is 3.63. The average Bonchev–Trinajstić information content (AvgIpc) is 2.25. The normalized spacial score (nSPS) is 14.8. The van der Waals surface area contributed by atoms with Gasteiger partial charge < -0.3 is 10.5 Å². The van der Waals surface area contributed by atoms with E-state index >= 15 is 0 Å². The SMILES string of the molecule is COCCC(C)C(N)c1ccc(Cl)cc1Cl. The van der Waals surface area contributed by atoms with Gasteiger partial charge in [-0.05, 0) is 30.0 Å². The first-order chi connectivity index (χ1) is 7.56. The Morgan fingerprint density at radius 2 is 2.06 bits per heavy atom. The van der Waals surface area contributed by atoms with E-state index in [0.717, 1.165) is 12.0 Å². The van der Waals surface area contributed by atoms with Gasteiger partial charge in [-0.3, -0.25) is 0 Å². The highest BCUT2D eigenvalue weighted by molar-refractivity contribution is 6.35. The molecule has 0 radical (unpaired) electrons. The number of methoxy groups -OCH3 is 1. The van der Waals surface area contributed by atoms with E-state index in [1.54, 1.807) is 13.2 Å². The van der Waals surface area contributed by atoms with E-state index in [-0.39, 0.29) is 6.04 Å². The zero-order valence-electron chi connectivity index (χ0n) is 9.54. The Bertz CT molecular complexity index is 344. The molecule has 0 aliphatic carbocycles. The third-order valence-corrected chi connectivity index (χ3v) is 3.27. The summed E-state index contributed by atoms with van der Waals surface area (Å²) in [6, 6.07) is 5.34. The van der Waals surface area contributed by atoms with Gasteiger partial charge in [-0.25, -0.2) is 0 Å². The summed E-state index contributed by atoms with van der Waals surface area (Å²) in [5, 5.41) is 1.26. The van der Waals surface area contributed by atoms with Crippen LogP contribution < -0.4 is 5.73 Å². The zero-order valence-corrected chi connectivity index (χ0v) is 11.1. The van der Waals surface area contributed by atoms with Crippen molar-refractivity contribution in [3.63, 3.8) is 0 Å². The Kier molecular flexibility index (Phi) is 5.56. The smallest absolute Gasteiger partial charge is 0.0468 e. The van der Waals surface area contributed by atoms with Gasteiger partial charge in [0, 0.05) is 29.8 Å². The van der Waals surface area contributed by atoms with Crippen LogP contribution in [-0.4, -0.2) is 13.7 Å². The summed E-state index contributed by atoms with van der Waals surface area (Å²) in [6.07, 6.45) is 0.913. The largest absolute Gasteiger partial charge is 0.385 e. The molecule has 0 fully saturated rings. The fraction of sp³-hybridized carbons (Fsp3) is 0.500. The lowest BCUT2D eigenvalue weighted by Gasteiger charge is -2.21. The number of rotatable bonds is 5. The van der Waals surface area contributed by atoms with E-state index in [9.17, 15) is 0 Å². The lowest BCUT2D eigenvalue weighted by Crippen LogP contribution is -2.20. The van der Waals surface area contributed by atoms with Gasteiger partial charge >= 0.3 is 0 Å². The summed E-state index contributed by atoms with van der Waals surface area (Å²) in [5.41, 5.74) is 7.09. The topological polar surface area (TPSA) is 35.2 Å². The van der Waals surface area contributed by atoms with Crippen LogP contribution in [0.5, 0.6) is 0 Å². The molecule has 4 heteroatoms. The fourth-order valence-corrected chi connectivity index (χ4v) is 2.10. The second-order valence-electron chi connectivity index (χ2n) is 3.95. The molecule has 1 aromatic rings. The minimum atomic E-state index is -0.0834. The molecule has 1 aromatic carbocycles. The number of ether oxygens (including phenoxy) is 1. The monoisotopic (exact) mass is 261 g/mol. The summed E-state index contributed by atoms with van der Waals surface area (Å²) < 4.78 is 5.04. The van der Waals surface area contributed by atoms with E-state index in [2.05, 4.69) is 6.92 Å². The van der Waals surface area contributed by atoms with Crippen molar-refractivity contribution in [2.24, 2.45) is 11.7 Å². The quantitative estimate of drug-likeness (QED) is 0.878. The molecule has 0 saturated heterocycles. The van der Waals surface area contributed by atoms with Crippen molar-refractivity contribution in [2.75, 3.05) is 13.7 Å². The van der Waals surface area contributed by atoms with Crippen molar-refractivity contribution in [1.29, 1.82) is 0 Å². The van der Waals surface area contributed by atoms with E-state index in [1.807, 2.05) is 12.1 Å². The predicted molar refractivity (Wildman–Crippen MR) is 69.0 cm³/mol. The van der Waals surface area contributed by atoms with E-state index in [4.69, 9.17) is 33.7 Å². The van der Waals surface area contributed by atoms with Crippen molar-refractivity contribution in [1.82, 2.24) is 0 Å². The first kappa shape index (κ1) is 13.8. The van der Waals surface area contributed by atoms with Gasteiger partial charge in [0.1, 0.15) is 0 Å². The van der Waals surface area contributed by atoms with Crippen LogP contribution in [0.3, 0.4) is 0 Å². The van der Waals surface area contributed by atoms with Crippen LogP contribution in [0, 0.1) is 5.92 Å². The molecule has 0 bridgehead atoms. The fourth-order valence-electron chi connectivity index (χ4n) is 1.56. The Morgan fingerprint density at radius 1 is 1.38 bits per heavy atom. The van der Waals surface area contributed by atoms with Crippen LogP contribution in [0.25, 0.3) is 0 Å². The lowest BCUT2D eigenvalue weighted by molar-refractivity contribution is 0.174. The molecule has 1 rings (SSSR count). The number of halogens is 2. The van der Waals surface area contributed by atoms with Gasteiger partial charge in [0.15, 0.2) is 0 Å². The highest BCUT2D eigenvalue weighted by Gasteiger charge is 2.17. The lowest BCUT2D eigenvalue weighted by atomic mass is 9.93. The molecule has 0 aliphatic rings. The maximum absolute atomic E-state index is 6.15. The highest BCUT2D eigenvalue weighted by Crippen LogP contribution is 2.30. The van der Waals surface area contributed by atoms with E-state index < -0.39 is 0 Å². The second-order valence-corrected chi connectivity index (χ2v) is 4.79. The maximum Gasteiger partial charge on any atom is 0.0468 e. The molecule has 2 N–H and O–H groups in total. The number of hydrogen-bond donors (Lipinski definition) is 1. The van der Waals surface area contributed by atoms with Crippen LogP contribution >= 0.6 is 23.2 Å². The molecular formula is C12H17Cl2NO. The van der Waals surface area contributed by atoms with E-state index in [0.29, 0.717) is 22.6 Å². The molecule has 16 heavy (non-hydrogen) atoms. The molecule has 0 aromatic heterocycles. The number of nitrogens with two attached hydrogens (primary N) is 1. The summed E-state index contributed by atoms with van der Waals surface area (Å²) >= 11 is 11.9. The molecular weight excluding hydrogens is 245 g/mol. The summed E-state index contributed by atoms with van der Waals surface area (Å²) in [6.45, 7) is 2.80. The number of hydrogen-bond acceptors (Lipinski definition) is 2. The Morgan fingerprint density at radius 3 is 2.62 bits per heavy atom. The third-order valence-electron chi connectivity index (χ3n) is 2.71. The molecule has 0 amide bonds. The molecule has 0 spiro atoms. The van der Waals surface area contributed by atoms with Crippen LogP contribution in [-0.2, 0) is 4.74 Å². The molecule has 0 saturated carbocycles. The second kappa shape index (κ2) is 6.45. The van der Waals surface area contributed by atoms with Gasteiger partial charge in [-0.15, -0.1) is 0 Å². The van der Waals surface area contributed by atoms with Gasteiger partial charge in [-0.1, -0.05) is 36.2 Å². The Balaban J connectivity index is 2.75. The van der Waals surface area contributed by atoms with Gasteiger partial charge in [-0.2, -0.15) is 0 Å². The Hall–Kier alpha value is -0.280. The Labute approximate surface area is 107 Å². The molecule has 2 nitrogen and oxygen atoms in total. The molecule has 2 atom stereocenters. The van der Waals surface area contributed by atoms with Gasteiger partial charge in [0.05, 0.1) is 0 Å². The molecule has 2 unspecified atom stereocenters. The summed E-state index contributed by atoms with van der Waals surface area (Å²) in [4.78, 5) is 0. The van der Waals surface area contributed by atoms with Crippen LogP contribution in [0.15, 0.2) is 18.2 Å². The first-order valence-corrected chi connectivity index (χ1v) is 6.01. The zero-order chi connectivity index (χ0) is 12.1. The van der Waals surface area contributed by atoms with Crippen molar-refractivity contribution < 1.29 is 4.74 Å². The summed E-state index contributed by atoms with van der Waals surface area (Å²) in [5.74, 6) is 0.318. The first-order valence-electron chi connectivity index (χ1n) is 5.25. The van der Waals surface area contributed by atoms with Crippen LogP contribution in [0.2, 0.25) is 10.0 Å². The van der Waals surface area contributed by atoms with Crippen molar-refractivity contribution in [3.8, 4) is 0 Å². The average molecular weight is 262 g/mol. The summed E-state index contributed by atoms with van der Waals surface area (Å²) in [7, 11) is 1.69. The predicted octanol–water partition coefficient (Wildman–Crippen LogP) is 3.67. The minimum Gasteiger partial charge on any atom is -0.385 e. The van der Waals surface area contributed by atoms with Crippen molar-refractivity contribution in [3.05, 3.63) is 33.8 Å². The maximum atomic E-state index is 6.15. The molecule has 0 aliphatic heterocycles. The van der Waals surface area contributed by atoms with Gasteiger partial charge in [0.2, 0.25) is 0 Å². The van der Waals surface area contributed by atoms with Crippen LogP contribution in [0.1, 0.15) is 24.9 Å². The number of benzene rings is 1. The molecule has 0 heterocycles. The van der Waals surface area contributed by atoms with Crippen molar-refractivity contribution >= 4 is 23.2 Å². The van der Waals surface area contributed by atoms with Gasteiger partial charge in [0.25, 0.3) is 0 Å². The van der Waals surface area contributed by atoms with Crippen LogP contribution in [0.4, 0.5) is 0 Å². The van der Waals surface area contributed by atoms with Crippen molar-refractivity contribution in [2.45, 2.75) is 19.4 Å².